The van der Waals surface area contributed by atoms with Gasteiger partial charge in [0.25, 0.3) is 0 Å². The van der Waals surface area contributed by atoms with E-state index in [2.05, 4.69) is 18.3 Å². The Kier molecular flexibility index (Phi) is 2.04. The summed E-state index contributed by atoms with van der Waals surface area (Å²) in [6.45, 7) is 3.40. The maximum atomic E-state index is 10.2. The lowest BCUT2D eigenvalue weighted by molar-refractivity contribution is 0.243. The molecule has 1 fully saturated rings. The Hall–Kier alpha value is -1.18. The van der Waals surface area contributed by atoms with Crippen molar-refractivity contribution in [2.45, 2.75) is 39.0 Å². The summed E-state index contributed by atoms with van der Waals surface area (Å²) in [5, 5.41) is 13.6. The van der Waals surface area contributed by atoms with Crippen molar-refractivity contribution in [3.05, 3.63) is 34.8 Å². The van der Waals surface area contributed by atoms with Crippen molar-refractivity contribution in [1.82, 2.24) is 5.32 Å². The zero-order chi connectivity index (χ0) is 12.3. The minimum atomic E-state index is 0.132. The second kappa shape index (κ2) is 3.43. The molecule has 0 radical (unpaired) electrons. The van der Waals surface area contributed by atoms with Crippen molar-refractivity contribution in [1.29, 1.82) is 0 Å². The molecule has 0 amide bonds. The molecular formula is C16H21NO. The summed E-state index contributed by atoms with van der Waals surface area (Å²) in [6.07, 6.45) is 10.6. The van der Waals surface area contributed by atoms with Gasteiger partial charge in [-0.1, -0.05) is 12.5 Å². The molecule has 2 nitrogen and oxygen atoms in total. The largest absolute Gasteiger partial charge is 0.508 e. The van der Waals surface area contributed by atoms with E-state index < -0.39 is 0 Å². The lowest BCUT2D eigenvalue weighted by Gasteiger charge is -2.43. The van der Waals surface area contributed by atoms with Gasteiger partial charge in [-0.2, -0.15) is 0 Å². The summed E-state index contributed by atoms with van der Waals surface area (Å²) >= 11 is 0. The van der Waals surface area contributed by atoms with Crippen molar-refractivity contribution >= 4 is 0 Å². The van der Waals surface area contributed by atoms with Crippen LogP contribution >= 0.6 is 0 Å². The van der Waals surface area contributed by atoms with Crippen molar-refractivity contribution in [3.8, 4) is 0 Å². The Morgan fingerprint density at radius 1 is 1.39 bits per heavy atom. The van der Waals surface area contributed by atoms with Gasteiger partial charge in [0.15, 0.2) is 0 Å². The molecule has 2 heteroatoms. The van der Waals surface area contributed by atoms with Gasteiger partial charge in [-0.25, -0.2) is 0 Å². The normalized spacial score (nSPS) is 41.6. The van der Waals surface area contributed by atoms with E-state index in [0.29, 0.717) is 5.76 Å². The van der Waals surface area contributed by atoms with Crippen LogP contribution in [0.5, 0.6) is 0 Å². The van der Waals surface area contributed by atoms with Crippen LogP contribution in [0.4, 0.5) is 0 Å². The van der Waals surface area contributed by atoms with Crippen molar-refractivity contribution in [2.24, 2.45) is 17.3 Å². The highest BCUT2D eigenvalue weighted by atomic mass is 16.3. The molecule has 18 heavy (non-hydrogen) atoms. The summed E-state index contributed by atoms with van der Waals surface area (Å²) < 4.78 is 0. The van der Waals surface area contributed by atoms with Gasteiger partial charge in [0, 0.05) is 23.7 Å². The molecule has 0 aromatic carbocycles. The molecule has 3 atom stereocenters. The number of hydrogen-bond donors (Lipinski definition) is 2. The summed E-state index contributed by atoms with van der Waals surface area (Å²) in [6, 6.07) is 0. The number of allylic oxidation sites excluding steroid dienone is 3. The second-order valence-corrected chi connectivity index (χ2v) is 6.50. The van der Waals surface area contributed by atoms with E-state index in [-0.39, 0.29) is 5.41 Å². The number of hydrogen-bond acceptors (Lipinski definition) is 2. The van der Waals surface area contributed by atoms with Crippen LogP contribution in [0.3, 0.4) is 0 Å². The fourth-order valence-corrected chi connectivity index (χ4v) is 4.77. The van der Waals surface area contributed by atoms with E-state index in [0.717, 1.165) is 24.0 Å². The first-order valence-electron chi connectivity index (χ1n) is 7.31. The molecule has 0 aromatic rings. The maximum Gasteiger partial charge on any atom is 0.121 e. The molecule has 0 saturated heterocycles. The predicted molar refractivity (Wildman–Crippen MR) is 72.0 cm³/mol. The lowest BCUT2D eigenvalue weighted by Crippen LogP contribution is -2.36. The van der Waals surface area contributed by atoms with Crippen LogP contribution in [-0.2, 0) is 0 Å². The van der Waals surface area contributed by atoms with Gasteiger partial charge in [-0.3, -0.25) is 0 Å². The Bertz CT molecular complexity index is 499. The van der Waals surface area contributed by atoms with Crippen LogP contribution in [0.15, 0.2) is 34.8 Å². The number of aliphatic hydroxyl groups excluding tert-OH is 1. The quantitative estimate of drug-likeness (QED) is 0.683. The fourth-order valence-electron chi connectivity index (χ4n) is 4.77. The molecule has 0 aromatic heterocycles. The summed E-state index contributed by atoms with van der Waals surface area (Å²) in [5.41, 5.74) is 4.42. The highest BCUT2D eigenvalue weighted by molar-refractivity contribution is 5.58. The SMILES string of the molecule is CC1CCCC2=C3C=C(O)C4=CNCC43CCC21. The molecule has 2 N–H and O–H groups in total. The first kappa shape index (κ1) is 10.7. The van der Waals surface area contributed by atoms with E-state index in [1.807, 2.05) is 6.20 Å². The Balaban J connectivity index is 1.88. The van der Waals surface area contributed by atoms with Gasteiger partial charge in [0.05, 0.1) is 0 Å². The van der Waals surface area contributed by atoms with E-state index >= 15 is 0 Å². The Morgan fingerprint density at radius 3 is 3.17 bits per heavy atom. The van der Waals surface area contributed by atoms with Gasteiger partial charge in [-0.05, 0) is 55.6 Å². The molecule has 4 aliphatic rings. The maximum absolute atomic E-state index is 10.2. The predicted octanol–water partition coefficient (Wildman–Crippen LogP) is 3.44. The van der Waals surface area contributed by atoms with Gasteiger partial charge in [0.1, 0.15) is 5.76 Å². The molecule has 3 aliphatic carbocycles. The van der Waals surface area contributed by atoms with Gasteiger partial charge in [0.2, 0.25) is 0 Å². The molecule has 4 rings (SSSR count). The zero-order valence-corrected chi connectivity index (χ0v) is 11.0. The summed E-state index contributed by atoms with van der Waals surface area (Å²) in [7, 11) is 0. The van der Waals surface area contributed by atoms with Crippen LogP contribution in [0, 0.1) is 17.3 Å². The standard InChI is InChI=1S/C16H21NO/c1-10-3-2-4-12-11(10)5-6-16-9-17-8-14(16)15(18)7-13(12)16/h7-8,10-11,17-18H,2-6,9H2,1H3. The van der Waals surface area contributed by atoms with Gasteiger partial charge < -0.3 is 10.4 Å². The molecule has 1 saturated carbocycles. The molecule has 1 spiro atoms. The molecule has 3 unspecified atom stereocenters. The number of nitrogens with one attached hydrogen (secondary N) is 1. The van der Waals surface area contributed by atoms with Gasteiger partial charge >= 0.3 is 0 Å². The number of fused-ring (bicyclic) bond motifs is 1. The summed E-state index contributed by atoms with van der Waals surface area (Å²) in [4.78, 5) is 0. The average Bonchev–Trinajstić information content (AvgIpc) is 2.88. The third-order valence-electron chi connectivity index (χ3n) is 5.71. The van der Waals surface area contributed by atoms with Crippen LogP contribution in [0.1, 0.15) is 39.0 Å². The van der Waals surface area contributed by atoms with Gasteiger partial charge in [-0.15, -0.1) is 0 Å². The smallest absolute Gasteiger partial charge is 0.121 e. The topological polar surface area (TPSA) is 32.3 Å². The van der Waals surface area contributed by atoms with E-state index in [1.54, 1.807) is 5.57 Å². The third-order valence-corrected chi connectivity index (χ3v) is 5.71. The monoisotopic (exact) mass is 243 g/mol. The highest BCUT2D eigenvalue weighted by Gasteiger charge is 2.51. The first-order valence-corrected chi connectivity index (χ1v) is 7.31. The van der Waals surface area contributed by atoms with E-state index in [4.69, 9.17) is 0 Å². The molecular weight excluding hydrogens is 222 g/mol. The van der Waals surface area contributed by atoms with Crippen molar-refractivity contribution < 1.29 is 5.11 Å². The molecule has 1 heterocycles. The average molecular weight is 243 g/mol. The van der Waals surface area contributed by atoms with Crippen LogP contribution in [-0.4, -0.2) is 11.7 Å². The Morgan fingerprint density at radius 2 is 2.28 bits per heavy atom. The Labute approximate surface area is 108 Å². The lowest BCUT2D eigenvalue weighted by atomic mass is 9.61. The van der Waals surface area contributed by atoms with Crippen molar-refractivity contribution in [3.63, 3.8) is 0 Å². The number of aliphatic hydroxyl groups is 1. The number of rotatable bonds is 0. The minimum absolute atomic E-state index is 0.132. The zero-order valence-electron chi connectivity index (χ0n) is 11.0. The van der Waals surface area contributed by atoms with Crippen LogP contribution < -0.4 is 5.32 Å². The molecule has 96 valence electrons. The minimum Gasteiger partial charge on any atom is -0.508 e. The van der Waals surface area contributed by atoms with Crippen LogP contribution in [0.25, 0.3) is 0 Å². The third kappa shape index (κ3) is 1.14. The second-order valence-electron chi connectivity index (χ2n) is 6.50. The summed E-state index contributed by atoms with van der Waals surface area (Å²) in [5.74, 6) is 2.13. The highest BCUT2D eigenvalue weighted by Crippen LogP contribution is 2.58. The molecule has 0 bridgehead atoms. The van der Waals surface area contributed by atoms with E-state index in [1.165, 1.54) is 37.7 Å². The van der Waals surface area contributed by atoms with Crippen molar-refractivity contribution in [2.75, 3.05) is 6.54 Å². The van der Waals surface area contributed by atoms with E-state index in [9.17, 15) is 5.11 Å². The molecule has 1 aliphatic heterocycles. The first-order chi connectivity index (χ1) is 8.72. The van der Waals surface area contributed by atoms with Crippen LogP contribution in [0.2, 0.25) is 0 Å². The fraction of sp³-hybridized carbons (Fsp3) is 0.625.